The Kier molecular flexibility index (Phi) is 4.29. The van der Waals surface area contributed by atoms with Crippen LogP contribution in [0.4, 0.5) is 0 Å². The summed E-state index contributed by atoms with van der Waals surface area (Å²) in [4.78, 5) is 20.9. The second kappa shape index (κ2) is 5.21. The molecule has 1 rings (SSSR count). The standard InChI is InChI=1S/C15H27N5O/c1-13(2,3)20-11(21)15(6,9-14(20,4)5)19(8)12(17-7)18-10-16/h9H2,1-8H3,(H,17,18). The maximum atomic E-state index is 13.1. The second-order valence-corrected chi connectivity index (χ2v) is 7.42. The van der Waals surface area contributed by atoms with Crippen LogP contribution in [-0.4, -0.2) is 52.4 Å². The van der Waals surface area contributed by atoms with E-state index in [2.05, 4.69) is 24.2 Å². The summed E-state index contributed by atoms with van der Waals surface area (Å²) in [6, 6.07) is 0. The number of nitrogens with one attached hydrogen (secondary N) is 1. The maximum Gasteiger partial charge on any atom is 0.249 e. The van der Waals surface area contributed by atoms with Crippen LogP contribution in [0.2, 0.25) is 0 Å². The minimum absolute atomic E-state index is 0.0587. The zero-order chi connectivity index (χ0) is 16.6. The Labute approximate surface area is 127 Å². The van der Waals surface area contributed by atoms with E-state index in [1.165, 1.54) is 0 Å². The molecule has 0 aromatic heterocycles. The number of likely N-dealkylation sites (N-methyl/N-ethyl adjacent to an activating group) is 1. The van der Waals surface area contributed by atoms with Crippen molar-refractivity contribution in [3.8, 4) is 6.19 Å². The molecule has 118 valence electrons. The Morgan fingerprint density at radius 1 is 1.43 bits per heavy atom. The highest BCUT2D eigenvalue weighted by molar-refractivity contribution is 5.95. The second-order valence-electron chi connectivity index (χ2n) is 7.42. The van der Waals surface area contributed by atoms with Crippen LogP contribution in [0, 0.1) is 11.5 Å². The zero-order valence-corrected chi connectivity index (χ0v) is 14.4. The third-order valence-electron chi connectivity index (χ3n) is 4.15. The number of carbonyl (C=O) groups is 1. The number of rotatable bonds is 1. The third-order valence-corrected chi connectivity index (χ3v) is 4.15. The van der Waals surface area contributed by atoms with Crippen molar-refractivity contribution < 1.29 is 4.79 Å². The molecule has 1 amide bonds. The minimum atomic E-state index is -0.727. The van der Waals surface area contributed by atoms with Gasteiger partial charge in [-0.1, -0.05) is 0 Å². The highest BCUT2D eigenvalue weighted by Crippen LogP contribution is 2.43. The van der Waals surface area contributed by atoms with Gasteiger partial charge in [-0.05, 0) is 41.5 Å². The van der Waals surface area contributed by atoms with Crippen LogP contribution in [0.15, 0.2) is 4.99 Å². The Morgan fingerprint density at radius 3 is 2.29 bits per heavy atom. The molecule has 1 saturated heterocycles. The number of guanidine groups is 1. The number of nitrogens with zero attached hydrogens (tertiary/aromatic N) is 4. The van der Waals surface area contributed by atoms with E-state index in [1.807, 2.05) is 38.8 Å². The van der Waals surface area contributed by atoms with E-state index in [0.717, 1.165) is 0 Å². The molecule has 1 atom stereocenters. The van der Waals surface area contributed by atoms with Gasteiger partial charge in [0.15, 0.2) is 6.19 Å². The molecule has 21 heavy (non-hydrogen) atoms. The Balaban J connectivity index is 3.26. The molecule has 6 heteroatoms. The number of nitriles is 1. The van der Waals surface area contributed by atoms with Crippen LogP contribution in [0.3, 0.4) is 0 Å². The first-order valence-electron chi connectivity index (χ1n) is 7.12. The van der Waals surface area contributed by atoms with Crippen molar-refractivity contribution in [3.05, 3.63) is 0 Å². The van der Waals surface area contributed by atoms with Gasteiger partial charge in [-0.3, -0.25) is 15.1 Å². The first-order chi connectivity index (χ1) is 9.41. The van der Waals surface area contributed by atoms with Crippen molar-refractivity contribution in [2.45, 2.75) is 64.6 Å². The smallest absolute Gasteiger partial charge is 0.249 e. The summed E-state index contributed by atoms with van der Waals surface area (Å²) in [5.41, 5.74) is -1.25. The number of hydrogen-bond acceptors (Lipinski definition) is 3. The molecule has 0 radical (unpaired) electrons. The number of aliphatic imine (C=N–C) groups is 1. The lowest BCUT2D eigenvalue weighted by molar-refractivity contribution is -0.142. The van der Waals surface area contributed by atoms with Gasteiger partial charge in [0.05, 0.1) is 0 Å². The fraction of sp³-hybridized carbons (Fsp3) is 0.800. The summed E-state index contributed by atoms with van der Waals surface area (Å²) < 4.78 is 0. The van der Waals surface area contributed by atoms with Crippen LogP contribution in [-0.2, 0) is 4.79 Å². The molecule has 0 aliphatic carbocycles. The Morgan fingerprint density at radius 2 is 1.95 bits per heavy atom. The lowest BCUT2D eigenvalue weighted by Gasteiger charge is -2.42. The third kappa shape index (κ3) is 2.82. The van der Waals surface area contributed by atoms with Gasteiger partial charge < -0.3 is 9.80 Å². The predicted molar refractivity (Wildman–Crippen MR) is 83.6 cm³/mol. The largest absolute Gasteiger partial charge is 0.331 e. The molecular formula is C15H27N5O. The summed E-state index contributed by atoms with van der Waals surface area (Å²) >= 11 is 0. The lowest BCUT2D eigenvalue weighted by Crippen LogP contribution is -2.58. The fourth-order valence-electron chi connectivity index (χ4n) is 3.56. The normalized spacial score (nSPS) is 25.8. The number of carbonyl (C=O) groups excluding carboxylic acids is 1. The molecule has 1 aliphatic heterocycles. The van der Waals surface area contributed by atoms with E-state index < -0.39 is 5.54 Å². The number of hydrogen-bond donors (Lipinski definition) is 1. The molecule has 0 aromatic rings. The van der Waals surface area contributed by atoms with E-state index in [-0.39, 0.29) is 17.0 Å². The molecular weight excluding hydrogens is 266 g/mol. The predicted octanol–water partition coefficient (Wildman–Crippen LogP) is 1.54. The highest BCUT2D eigenvalue weighted by Gasteiger charge is 2.58. The maximum absolute atomic E-state index is 13.1. The number of amides is 1. The van der Waals surface area contributed by atoms with Gasteiger partial charge in [0.25, 0.3) is 0 Å². The van der Waals surface area contributed by atoms with E-state index in [1.54, 1.807) is 19.0 Å². The summed E-state index contributed by atoms with van der Waals surface area (Å²) in [5.74, 6) is 0.461. The molecule has 1 N–H and O–H groups in total. The fourth-order valence-corrected chi connectivity index (χ4v) is 3.56. The molecule has 0 saturated carbocycles. The molecule has 0 bridgehead atoms. The van der Waals surface area contributed by atoms with Gasteiger partial charge in [-0.25, -0.2) is 0 Å². The Hall–Kier alpha value is -1.77. The summed E-state index contributed by atoms with van der Waals surface area (Å²) in [7, 11) is 3.40. The van der Waals surface area contributed by atoms with Crippen LogP contribution in [0.5, 0.6) is 0 Å². The Bertz CT molecular complexity index is 497. The summed E-state index contributed by atoms with van der Waals surface area (Å²) in [6.07, 6.45) is 2.54. The van der Waals surface area contributed by atoms with E-state index in [9.17, 15) is 4.79 Å². The van der Waals surface area contributed by atoms with E-state index in [0.29, 0.717) is 12.4 Å². The molecule has 6 nitrogen and oxygen atoms in total. The monoisotopic (exact) mass is 293 g/mol. The minimum Gasteiger partial charge on any atom is -0.331 e. The molecule has 1 unspecified atom stereocenters. The van der Waals surface area contributed by atoms with Crippen molar-refractivity contribution in [1.29, 1.82) is 5.26 Å². The lowest BCUT2D eigenvalue weighted by atomic mass is 9.89. The van der Waals surface area contributed by atoms with Gasteiger partial charge in [-0.15, -0.1) is 0 Å². The van der Waals surface area contributed by atoms with Gasteiger partial charge in [0, 0.05) is 31.6 Å². The van der Waals surface area contributed by atoms with Gasteiger partial charge in [-0.2, -0.15) is 5.26 Å². The highest BCUT2D eigenvalue weighted by atomic mass is 16.2. The number of likely N-dealkylation sites (tertiary alicyclic amines) is 1. The first kappa shape index (κ1) is 17.3. The molecule has 1 heterocycles. The van der Waals surface area contributed by atoms with Crippen molar-refractivity contribution >= 4 is 11.9 Å². The van der Waals surface area contributed by atoms with Gasteiger partial charge >= 0.3 is 0 Å². The van der Waals surface area contributed by atoms with Crippen molar-refractivity contribution in [3.63, 3.8) is 0 Å². The SMILES string of the molecule is CN=C(NC#N)N(C)C1(C)CC(C)(C)N(C(C)(C)C)C1=O. The topological polar surface area (TPSA) is 71.7 Å². The summed E-state index contributed by atoms with van der Waals surface area (Å²) in [6.45, 7) is 12.2. The van der Waals surface area contributed by atoms with Crippen molar-refractivity contribution in [2.75, 3.05) is 14.1 Å². The van der Waals surface area contributed by atoms with Crippen molar-refractivity contribution in [1.82, 2.24) is 15.1 Å². The molecule has 0 spiro atoms. The van der Waals surface area contributed by atoms with Gasteiger partial charge in [0.2, 0.25) is 11.9 Å². The summed E-state index contributed by atoms with van der Waals surface area (Å²) in [5, 5.41) is 11.4. The molecule has 1 fully saturated rings. The van der Waals surface area contributed by atoms with E-state index in [4.69, 9.17) is 5.26 Å². The van der Waals surface area contributed by atoms with Gasteiger partial charge in [0.1, 0.15) is 5.54 Å². The zero-order valence-electron chi connectivity index (χ0n) is 14.4. The van der Waals surface area contributed by atoms with Crippen LogP contribution in [0.1, 0.15) is 48.0 Å². The van der Waals surface area contributed by atoms with Crippen LogP contribution >= 0.6 is 0 Å². The quantitative estimate of drug-likeness (QED) is 0.344. The average Bonchev–Trinajstić information content (AvgIpc) is 2.51. The van der Waals surface area contributed by atoms with E-state index >= 15 is 0 Å². The van der Waals surface area contributed by atoms with Crippen molar-refractivity contribution in [2.24, 2.45) is 4.99 Å². The molecule has 1 aliphatic rings. The van der Waals surface area contributed by atoms with Crippen LogP contribution in [0.25, 0.3) is 0 Å². The average molecular weight is 293 g/mol. The van der Waals surface area contributed by atoms with Crippen LogP contribution < -0.4 is 5.32 Å². The first-order valence-corrected chi connectivity index (χ1v) is 7.12. The molecule has 0 aromatic carbocycles.